The predicted molar refractivity (Wildman–Crippen MR) is 126 cm³/mol. The van der Waals surface area contributed by atoms with E-state index in [9.17, 15) is 0 Å². The first kappa shape index (κ1) is 18.4. The molecular formula is C23H18I2. The van der Waals surface area contributed by atoms with E-state index >= 15 is 0 Å². The van der Waals surface area contributed by atoms with Gasteiger partial charge in [-0.15, -0.1) is 0 Å². The molecular weight excluding hydrogens is 530 g/mol. The van der Waals surface area contributed by atoms with Gasteiger partial charge in [0.2, 0.25) is 0 Å². The summed E-state index contributed by atoms with van der Waals surface area (Å²) >= 11 is 4.88. The van der Waals surface area contributed by atoms with Crippen LogP contribution in [0.4, 0.5) is 0 Å². The van der Waals surface area contributed by atoms with Gasteiger partial charge in [-0.05, 0) is 61.9 Å². The molecule has 0 aliphatic carbocycles. The summed E-state index contributed by atoms with van der Waals surface area (Å²) in [7, 11) is 0. The van der Waals surface area contributed by atoms with E-state index in [-0.39, 0.29) is 5.92 Å². The van der Waals surface area contributed by atoms with Crippen molar-refractivity contribution in [2.24, 2.45) is 0 Å². The number of hydrogen-bond acceptors (Lipinski definition) is 0. The second-order valence-electron chi connectivity index (χ2n) is 5.70. The molecule has 0 amide bonds. The van der Waals surface area contributed by atoms with Gasteiger partial charge in [-0.3, -0.25) is 0 Å². The highest BCUT2D eigenvalue weighted by Crippen LogP contribution is 2.32. The van der Waals surface area contributed by atoms with Gasteiger partial charge in [0, 0.05) is 13.1 Å². The zero-order valence-electron chi connectivity index (χ0n) is 13.6. The van der Waals surface area contributed by atoms with E-state index in [0.717, 1.165) is 0 Å². The highest BCUT2D eigenvalue weighted by atomic mass is 127. The molecule has 0 nitrogen and oxygen atoms in total. The molecule has 0 unspecified atom stereocenters. The molecule has 0 bridgehead atoms. The lowest BCUT2D eigenvalue weighted by molar-refractivity contribution is 1.09. The van der Waals surface area contributed by atoms with Crippen molar-refractivity contribution in [3.8, 4) is 0 Å². The van der Waals surface area contributed by atoms with Crippen LogP contribution >= 0.6 is 45.2 Å². The molecule has 0 aromatic heterocycles. The lowest BCUT2D eigenvalue weighted by atomic mass is 9.96. The summed E-state index contributed by atoms with van der Waals surface area (Å²) in [6.45, 7) is 0. The Morgan fingerprint density at radius 2 is 0.920 bits per heavy atom. The Balaban J connectivity index is 1.99. The minimum Gasteiger partial charge on any atom is -0.0622 e. The third-order valence-corrected chi connectivity index (χ3v) is 5.90. The van der Waals surface area contributed by atoms with Crippen molar-refractivity contribution in [2.45, 2.75) is 5.92 Å². The largest absolute Gasteiger partial charge is 0.0622 e. The summed E-state index contributed by atoms with van der Waals surface area (Å²) < 4.78 is 2.53. The topological polar surface area (TPSA) is 0 Å². The first-order chi connectivity index (χ1) is 12.2. The predicted octanol–water partition coefficient (Wildman–Crippen LogP) is 7.72. The van der Waals surface area contributed by atoms with Gasteiger partial charge in [-0.25, -0.2) is 0 Å². The van der Waals surface area contributed by atoms with Gasteiger partial charge in [0.05, 0.1) is 0 Å². The zero-order chi connectivity index (χ0) is 17.5. The lowest BCUT2D eigenvalue weighted by Crippen LogP contribution is -1.93. The van der Waals surface area contributed by atoms with Crippen LogP contribution in [0.5, 0.6) is 0 Å². The Morgan fingerprint density at radius 3 is 1.32 bits per heavy atom. The molecule has 0 saturated heterocycles. The maximum absolute atomic E-state index is 2.44. The van der Waals surface area contributed by atoms with Crippen LogP contribution in [0.15, 0.2) is 103 Å². The van der Waals surface area contributed by atoms with E-state index in [1.165, 1.54) is 23.9 Å². The minimum absolute atomic E-state index is 0.236. The third kappa shape index (κ3) is 5.28. The van der Waals surface area contributed by atoms with E-state index in [1.54, 1.807) is 0 Å². The number of allylic oxidation sites excluding steroid dienone is 2. The maximum Gasteiger partial charge on any atom is 0.0225 e. The number of benzene rings is 3. The van der Waals surface area contributed by atoms with Crippen LogP contribution in [0, 0.1) is 0 Å². The van der Waals surface area contributed by atoms with E-state index in [2.05, 4.69) is 148 Å². The quantitative estimate of drug-likeness (QED) is 0.287. The highest BCUT2D eigenvalue weighted by Gasteiger charge is 2.09. The summed E-state index contributed by atoms with van der Waals surface area (Å²) in [6, 6.07) is 31.8. The van der Waals surface area contributed by atoms with Crippen LogP contribution in [-0.2, 0) is 0 Å². The van der Waals surface area contributed by atoms with Gasteiger partial charge >= 0.3 is 0 Å². The molecule has 25 heavy (non-hydrogen) atoms. The highest BCUT2D eigenvalue weighted by molar-refractivity contribution is 14.1. The molecule has 0 radical (unpaired) electrons. The summed E-state index contributed by atoms with van der Waals surface area (Å²) in [6.07, 6.45) is 4.68. The molecule has 0 fully saturated rings. The molecule has 0 heterocycles. The van der Waals surface area contributed by atoms with Crippen LogP contribution in [0.25, 0.3) is 7.16 Å². The monoisotopic (exact) mass is 548 g/mol. The molecule has 0 aliphatic heterocycles. The molecule has 0 atom stereocenters. The van der Waals surface area contributed by atoms with Crippen molar-refractivity contribution >= 4 is 52.3 Å². The van der Waals surface area contributed by atoms with Crippen molar-refractivity contribution in [1.29, 1.82) is 0 Å². The summed E-state index contributed by atoms with van der Waals surface area (Å²) in [5.74, 6) is 0.236. The van der Waals surface area contributed by atoms with Gasteiger partial charge in [0.1, 0.15) is 0 Å². The normalized spacial score (nSPS) is 12.4. The van der Waals surface area contributed by atoms with E-state index in [0.29, 0.717) is 0 Å². The van der Waals surface area contributed by atoms with Crippen LogP contribution in [0.3, 0.4) is 0 Å². The van der Waals surface area contributed by atoms with Crippen molar-refractivity contribution in [1.82, 2.24) is 0 Å². The Labute approximate surface area is 177 Å². The number of halogens is 2. The first-order valence-electron chi connectivity index (χ1n) is 8.14. The van der Waals surface area contributed by atoms with E-state index in [1.807, 2.05) is 0 Å². The average molecular weight is 548 g/mol. The van der Waals surface area contributed by atoms with Gasteiger partial charge in [-0.1, -0.05) is 103 Å². The molecule has 3 rings (SSSR count). The summed E-state index contributed by atoms with van der Waals surface area (Å²) in [4.78, 5) is 0. The van der Waals surface area contributed by atoms with E-state index < -0.39 is 0 Å². The molecule has 0 aliphatic rings. The smallest absolute Gasteiger partial charge is 0.0225 e. The first-order valence-corrected chi connectivity index (χ1v) is 10.3. The Morgan fingerprint density at radius 1 is 0.560 bits per heavy atom. The molecule has 3 aromatic rings. The summed E-state index contributed by atoms with van der Waals surface area (Å²) in [5.41, 5.74) is 3.82. The maximum atomic E-state index is 2.44. The SMILES string of the molecule is I/C(=C\C(/C=C(\I)c1ccccc1)c1ccccc1)c1ccccc1. The second-order valence-corrected chi connectivity index (χ2v) is 8.02. The molecule has 3 aromatic carbocycles. The third-order valence-electron chi connectivity index (χ3n) is 3.94. The van der Waals surface area contributed by atoms with Crippen molar-refractivity contribution in [3.05, 3.63) is 120 Å². The van der Waals surface area contributed by atoms with Crippen LogP contribution < -0.4 is 0 Å². The van der Waals surface area contributed by atoms with Crippen molar-refractivity contribution in [3.63, 3.8) is 0 Å². The zero-order valence-corrected chi connectivity index (χ0v) is 18.0. The molecule has 0 N–H and O–H groups in total. The number of hydrogen-bond donors (Lipinski definition) is 0. The Kier molecular flexibility index (Phi) is 6.87. The van der Waals surface area contributed by atoms with Crippen molar-refractivity contribution in [2.75, 3.05) is 0 Å². The molecule has 2 heteroatoms. The molecule has 0 spiro atoms. The van der Waals surface area contributed by atoms with Crippen LogP contribution in [0.2, 0.25) is 0 Å². The van der Waals surface area contributed by atoms with Gasteiger partial charge in [-0.2, -0.15) is 0 Å². The fourth-order valence-electron chi connectivity index (χ4n) is 2.62. The fraction of sp³-hybridized carbons (Fsp3) is 0.0435. The van der Waals surface area contributed by atoms with Crippen LogP contribution in [-0.4, -0.2) is 0 Å². The van der Waals surface area contributed by atoms with Crippen molar-refractivity contribution < 1.29 is 0 Å². The Bertz CT molecular complexity index is 795. The number of rotatable bonds is 5. The second kappa shape index (κ2) is 9.34. The summed E-state index contributed by atoms with van der Waals surface area (Å²) in [5, 5.41) is 0. The van der Waals surface area contributed by atoms with E-state index in [4.69, 9.17) is 0 Å². The van der Waals surface area contributed by atoms with Gasteiger partial charge in [0.15, 0.2) is 0 Å². The lowest BCUT2D eigenvalue weighted by Gasteiger charge is -2.12. The Hall–Kier alpha value is -1.40. The van der Waals surface area contributed by atoms with Gasteiger partial charge in [0.25, 0.3) is 0 Å². The fourth-order valence-corrected chi connectivity index (χ4v) is 4.11. The van der Waals surface area contributed by atoms with Gasteiger partial charge < -0.3 is 0 Å². The van der Waals surface area contributed by atoms with Crippen LogP contribution in [0.1, 0.15) is 22.6 Å². The average Bonchev–Trinajstić information content (AvgIpc) is 2.69. The standard InChI is InChI=1S/C23H18I2/c24-22(19-12-6-2-7-13-19)16-21(18-10-4-1-5-11-18)17-23(25)20-14-8-3-9-15-20/h1-17,21H/b22-16-,23-17-. The molecule has 0 saturated carbocycles. The minimum atomic E-state index is 0.236. The molecule has 124 valence electrons.